The van der Waals surface area contributed by atoms with Crippen LogP contribution < -0.4 is 5.73 Å². The number of hydrogen-bond donors (Lipinski definition) is 1. The molecule has 2 N–H and O–H groups in total. The highest BCUT2D eigenvalue weighted by molar-refractivity contribution is 6.36. The molecule has 1 aromatic heterocycles. The SMILES string of the molecule is NC(=O)c1nn(-c2ccc(Cl)cc2)c(-c2ccccc2)c1Cl. The van der Waals surface area contributed by atoms with Gasteiger partial charge in [-0.05, 0) is 24.3 Å². The van der Waals surface area contributed by atoms with Gasteiger partial charge in [0.05, 0.1) is 11.4 Å². The van der Waals surface area contributed by atoms with Gasteiger partial charge in [0.2, 0.25) is 0 Å². The lowest BCUT2D eigenvalue weighted by Gasteiger charge is -2.08. The number of benzene rings is 2. The van der Waals surface area contributed by atoms with E-state index in [1.165, 1.54) is 0 Å². The van der Waals surface area contributed by atoms with E-state index in [0.717, 1.165) is 11.3 Å². The molecule has 0 aliphatic rings. The molecule has 2 aromatic carbocycles. The molecular formula is C16H11Cl2N3O. The molecule has 0 saturated heterocycles. The Hall–Kier alpha value is -2.30. The van der Waals surface area contributed by atoms with Crippen LogP contribution in [0.2, 0.25) is 10.0 Å². The average Bonchev–Trinajstić information content (AvgIpc) is 2.86. The second kappa shape index (κ2) is 5.83. The second-order valence-corrected chi connectivity index (χ2v) is 5.44. The van der Waals surface area contributed by atoms with Gasteiger partial charge in [0, 0.05) is 10.6 Å². The van der Waals surface area contributed by atoms with Crippen molar-refractivity contribution in [3.63, 3.8) is 0 Å². The summed E-state index contributed by atoms with van der Waals surface area (Å²) < 4.78 is 1.59. The first kappa shape index (κ1) is 14.6. The Morgan fingerprint density at radius 1 is 1.00 bits per heavy atom. The van der Waals surface area contributed by atoms with Crippen molar-refractivity contribution in [3.8, 4) is 16.9 Å². The van der Waals surface area contributed by atoms with Gasteiger partial charge in [0.25, 0.3) is 5.91 Å². The summed E-state index contributed by atoms with van der Waals surface area (Å²) in [5, 5.41) is 5.09. The standard InChI is InChI=1S/C16H11Cl2N3O/c17-11-6-8-12(9-7-11)21-15(10-4-2-1-3-5-10)13(18)14(20-21)16(19)22/h1-9H,(H2,19,22). The van der Waals surface area contributed by atoms with Crippen LogP contribution in [-0.2, 0) is 0 Å². The molecule has 3 aromatic rings. The number of hydrogen-bond acceptors (Lipinski definition) is 2. The number of carbonyl (C=O) groups is 1. The summed E-state index contributed by atoms with van der Waals surface area (Å²) in [6.07, 6.45) is 0. The smallest absolute Gasteiger partial charge is 0.270 e. The van der Waals surface area contributed by atoms with Gasteiger partial charge in [-0.3, -0.25) is 4.79 Å². The van der Waals surface area contributed by atoms with Gasteiger partial charge in [0.15, 0.2) is 5.69 Å². The Labute approximate surface area is 137 Å². The highest BCUT2D eigenvalue weighted by Gasteiger charge is 2.21. The minimum absolute atomic E-state index is 0.0375. The fourth-order valence-electron chi connectivity index (χ4n) is 2.17. The number of aromatic nitrogens is 2. The fraction of sp³-hybridized carbons (Fsp3) is 0. The van der Waals surface area contributed by atoms with E-state index in [1.807, 2.05) is 30.3 Å². The summed E-state index contributed by atoms with van der Waals surface area (Å²) >= 11 is 12.2. The normalized spacial score (nSPS) is 10.6. The van der Waals surface area contributed by atoms with Crippen LogP contribution in [0.5, 0.6) is 0 Å². The van der Waals surface area contributed by atoms with Gasteiger partial charge in [-0.2, -0.15) is 5.10 Å². The first-order valence-electron chi connectivity index (χ1n) is 6.47. The van der Waals surface area contributed by atoms with Crippen LogP contribution in [0.1, 0.15) is 10.5 Å². The van der Waals surface area contributed by atoms with Gasteiger partial charge in [-0.25, -0.2) is 4.68 Å². The zero-order valence-electron chi connectivity index (χ0n) is 11.3. The molecule has 6 heteroatoms. The molecule has 1 amide bonds. The predicted molar refractivity (Wildman–Crippen MR) is 87.5 cm³/mol. The average molecular weight is 332 g/mol. The minimum Gasteiger partial charge on any atom is -0.364 e. The highest BCUT2D eigenvalue weighted by Crippen LogP contribution is 2.33. The lowest BCUT2D eigenvalue weighted by atomic mass is 10.1. The van der Waals surface area contributed by atoms with Crippen LogP contribution in [0.3, 0.4) is 0 Å². The monoisotopic (exact) mass is 331 g/mol. The van der Waals surface area contributed by atoms with Gasteiger partial charge in [-0.1, -0.05) is 53.5 Å². The Morgan fingerprint density at radius 2 is 1.64 bits per heavy atom. The van der Waals surface area contributed by atoms with Crippen molar-refractivity contribution in [3.05, 3.63) is 70.3 Å². The summed E-state index contributed by atoms with van der Waals surface area (Å²) in [6.45, 7) is 0. The summed E-state index contributed by atoms with van der Waals surface area (Å²) in [5.74, 6) is -0.671. The predicted octanol–water partition coefficient (Wildman–Crippen LogP) is 3.95. The van der Waals surface area contributed by atoms with Crippen molar-refractivity contribution in [1.82, 2.24) is 9.78 Å². The first-order valence-corrected chi connectivity index (χ1v) is 7.23. The Balaban J connectivity index is 2.27. The van der Waals surface area contributed by atoms with E-state index in [9.17, 15) is 4.79 Å². The summed E-state index contributed by atoms with van der Waals surface area (Å²) in [5.41, 5.74) is 7.57. The Kier molecular flexibility index (Phi) is 3.88. The molecule has 4 nitrogen and oxygen atoms in total. The maximum absolute atomic E-state index is 11.5. The molecule has 0 bridgehead atoms. The van der Waals surface area contributed by atoms with Gasteiger partial charge < -0.3 is 5.73 Å². The lowest BCUT2D eigenvalue weighted by molar-refractivity contribution is 0.0995. The van der Waals surface area contributed by atoms with Crippen LogP contribution in [-0.4, -0.2) is 15.7 Å². The van der Waals surface area contributed by atoms with Crippen LogP contribution in [0.15, 0.2) is 54.6 Å². The lowest BCUT2D eigenvalue weighted by Crippen LogP contribution is -2.12. The van der Waals surface area contributed by atoms with Gasteiger partial charge >= 0.3 is 0 Å². The quantitative estimate of drug-likeness (QED) is 0.789. The molecule has 0 atom stereocenters. The van der Waals surface area contributed by atoms with Crippen LogP contribution in [0, 0.1) is 0 Å². The molecule has 0 spiro atoms. The molecule has 3 rings (SSSR count). The maximum atomic E-state index is 11.5. The van der Waals surface area contributed by atoms with E-state index in [4.69, 9.17) is 28.9 Å². The third kappa shape index (κ3) is 2.58. The van der Waals surface area contributed by atoms with Crippen molar-refractivity contribution in [2.45, 2.75) is 0 Å². The summed E-state index contributed by atoms with van der Waals surface area (Å²) in [4.78, 5) is 11.5. The Morgan fingerprint density at radius 3 is 2.23 bits per heavy atom. The van der Waals surface area contributed by atoms with Crippen molar-refractivity contribution in [1.29, 1.82) is 0 Å². The molecule has 0 radical (unpaired) electrons. The molecule has 0 fully saturated rings. The molecule has 0 aliphatic carbocycles. The largest absolute Gasteiger partial charge is 0.364 e. The zero-order chi connectivity index (χ0) is 15.7. The van der Waals surface area contributed by atoms with E-state index in [0.29, 0.717) is 10.7 Å². The fourth-order valence-corrected chi connectivity index (χ4v) is 2.62. The second-order valence-electron chi connectivity index (χ2n) is 4.63. The zero-order valence-corrected chi connectivity index (χ0v) is 12.8. The topological polar surface area (TPSA) is 60.9 Å². The van der Waals surface area contributed by atoms with E-state index < -0.39 is 5.91 Å². The third-order valence-corrected chi connectivity index (χ3v) is 3.79. The number of nitrogens with zero attached hydrogens (tertiary/aromatic N) is 2. The maximum Gasteiger partial charge on any atom is 0.270 e. The Bertz CT molecular complexity index is 827. The first-order chi connectivity index (χ1) is 10.6. The molecule has 1 heterocycles. The number of carbonyl (C=O) groups excluding carboxylic acids is 1. The van der Waals surface area contributed by atoms with E-state index in [2.05, 4.69) is 5.10 Å². The van der Waals surface area contributed by atoms with Crippen molar-refractivity contribution in [2.24, 2.45) is 5.73 Å². The number of amides is 1. The van der Waals surface area contributed by atoms with E-state index in [-0.39, 0.29) is 10.7 Å². The minimum atomic E-state index is -0.671. The van der Waals surface area contributed by atoms with E-state index >= 15 is 0 Å². The highest BCUT2D eigenvalue weighted by atomic mass is 35.5. The van der Waals surface area contributed by atoms with Crippen molar-refractivity contribution < 1.29 is 4.79 Å². The van der Waals surface area contributed by atoms with Crippen molar-refractivity contribution in [2.75, 3.05) is 0 Å². The summed E-state index contributed by atoms with van der Waals surface area (Å²) in [6, 6.07) is 16.5. The number of halogens is 2. The summed E-state index contributed by atoms with van der Waals surface area (Å²) in [7, 11) is 0. The number of nitrogens with two attached hydrogens (primary N) is 1. The van der Waals surface area contributed by atoms with Crippen molar-refractivity contribution >= 4 is 29.1 Å². The number of primary amides is 1. The molecular weight excluding hydrogens is 321 g/mol. The molecule has 22 heavy (non-hydrogen) atoms. The van der Waals surface area contributed by atoms with E-state index in [1.54, 1.807) is 28.9 Å². The van der Waals surface area contributed by atoms with Crippen LogP contribution in [0.4, 0.5) is 0 Å². The molecule has 110 valence electrons. The molecule has 0 saturated carbocycles. The van der Waals surface area contributed by atoms with Crippen LogP contribution in [0.25, 0.3) is 16.9 Å². The van der Waals surface area contributed by atoms with Crippen LogP contribution >= 0.6 is 23.2 Å². The molecule has 0 aliphatic heterocycles. The molecule has 0 unspecified atom stereocenters. The third-order valence-electron chi connectivity index (χ3n) is 3.18. The van der Waals surface area contributed by atoms with Gasteiger partial charge in [-0.15, -0.1) is 0 Å². The number of rotatable bonds is 3. The van der Waals surface area contributed by atoms with Gasteiger partial charge in [0.1, 0.15) is 5.02 Å².